The molecule has 1 rings (SSSR count). The molecule has 114 valence electrons. The fraction of sp³-hybridized carbons (Fsp3) is 0.571. The molecule has 0 aliphatic heterocycles. The summed E-state index contributed by atoms with van der Waals surface area (Å²) in [4.78, 5) is 0.327. The van der Waals surface area contributed by atoms with E-state index in [1.165, 1.54) is 0 Å². The van der Waals surface area contributed by atoms with Gasteiger partial charge in [0, 0.05) is 18.3 Å². The Labute approximate surface area is 126 Å². The van der Waals surface area contributed by atoms with Gasteiger partial charge in [0.2, 0.25) is 10.0 Å². The van der Waals surface area contributed by atoms with Gasteiger partial charge < -0.3 is 5.32 Å². The zero-order valence-corrected chi connectivity index (χ0v) is 14.0. The third-order valence-corrected chi connectivity index (χ3v) is 5.19. The second-order valence-electron chi connectivity index (χ2n) is 4.60. The van der Waals surface area contributed by atoms with E-state index in [1.54, 1.807) is 23.9 Å². The van der Waals surface area contributed by atoms with Crippen LogP contribution in [0.5, 0.6) is 0 Å². The third kappa shape index (κ3) is 5.00. The first kappa shape index (κ1) is 17.3. The quantitative estimate of drug-likeness (QED) is 0.735. The maximum Gasteiger partial charge on any atom is 0.242 e. The van der Waals surface area contributed by atoms with Crippen LogP contribution in [0.2, 0.25) is 0 Å². The molecule has 0 bridgehead atoms. The molecule has 0 heterocycles. The van der Waals surface area contributed by atoms with Crippen LogP contribution in [0.3, 0.4) is 0 Å². The maximum atomic E-state index is 12.3. The van der Waals surface area contributed by atoms with Crippen LogP contribution in [0.4, 0.5) is 5.69 Å². The van der Waals surface area contributed by atoms with Crippen LogP contribution in [0, 0.1) is 0 Å². The number of anilines is 1. The van der Waals surface area contributed by atoms with Gasteiger partial charge in [-0.25, -0.2) is 13.1 Å². The molecular weight excluding hydrogens is 292 g/mol. The van der Waals surface area contributed by atoms with Crippen LogP contribution in [0.15, 0.2) is 29.2 Å². The monoisotopic (exact) mass is 316 g/mol. The van der Waals surface area contributed by atoms with Crippen LogP contribution >= 0.6 is 11.8 Å². The number of para-hydroxylation sites is 1. The van der Waals surface area contributed by atoms with Crippen molar-refractivity contribution < 1.29 is 8.42 Å². The Hall–Kier alpha value is -0.720. The van der Waals surface area contributed by atoms with Crippen molar-refractivity contribution in [2.24, 2.45) is 0 Å². The van der Waals surface area contributed by atoms with Gasteiger partial charge in [-0.05, 0) is 31.2 Å². The average molecular weight is 316 g/mol. The molecule has 1 aromatic carbocycles. The highest BCUT2D eigenvalue weighted by atomic mass is 32.2. The minimum Gasteiger partial charge on any atom is -0.380 e. The number of hydrogen-bond donors (Lipinski definition) is 2. The topological polar surface area (TPSA) is 58.2 Å². The third-order valence-electron chi connectivity index (χ3n) is 2.94. The first-order valence-electron chi connectivity index (χ1n) is 6.89. The van der Waals surface area contributed by atoms with Crippen LogP contribution in [0.1, 0.15) is 26.7 Å². The summed E-state index contributed by atoms with van der Waals surface area (Å²) in [7, 11) is -3.44. The van der Waals surface area contributed by atoms with Crippen molar-refractivity contribution in [3.63, 3.8) is 0 Å². The van der Waals surface area contributed by atoms with Gasteiger partial charge in [0.05, 0.1) is 5.69 Å². The molecule has 1 aromatic rings. The molecule has 0 amide bonds. The summed E-state index contributed by atoms with van der Waals surface area (Å²) in [5.74, 6) is 0.952. The van der Waals surface area contributed by atoms with Crippen molar-refractivity contribution >= 4 is 27.5 Å². The Bertz CT molecular complexity index is 504. The van der Waals surface area contributed by atoms with Crippen LogP contribution in [0.25, 0.3) is 0 Å². The highest BCUT2D eigenvalue weighted by Gasteiger charge is 2.18. The van der Waals surface area contributed by atoms with Crippen LogP contribution < -0.4 is 10.0 Å². The van der Waals surface area contributed by atoms with Gasteiger partial charge in [-0.2, -0.15) is 11.8 Å². The number of thioether (sulfide) groups is 1. The van der Waals surface area contributed by atoms with E-state index in [9.17, 15) is 8.42 Å². The molecule has 4 nitrogen and oxygen atoms in total. The van der Waals surface area contributed by atoms with Gasteiger partial charge in [-0.3, -0.25) is 0 Å². The minimum absolute atomic E-state index is 0.271. The Morgan fingerprint density at radius 2 is 1.95 bits per heavy atom. The van der Waals surface area contributed by atoms with Crippen molar-refractivity contribution in [1.82, 2.24) is 4.72 Å². The molecule has 0 spiro atoms. The molecule has 0 aromatic heterocycles. The number of rotatable bonds is 9. The first-order chi connectivity index (χ1) is 9.55. The van der Waals surface area contributed by atoms with E-state index in [0.717, 1.165) is 18.6 Å². The predicted octanol–water partition coefficient (Wildman–Crippen LogP) is 2.93. The second kappa shape index (κ2) is 8.54. The van der Waals surface area contributed by atoms with Crippen LogP contribution in [-0.2, 0) is 10.0 Å². The number of benzene rings is 1. The predicted molar refractivity (Wildman–Crippen MR) is 88.0 cm³/mol. The molecule has 6 heteroatoms. The Morgan fingerprint density at radius 3 is 2.55 bits per heavy atom. The standard InChI is InChI=1S/C14H24N2O2S2/c1-4-10-15-20(17,18)14-9-7-6-8-13(14)16-12(5-2)11-19-3/h6-9,12,15-16H,4-5,10-11H2,1-3H3. The molecular formula is C14H24N2O2S2. The summed E-state index contributed by atoms with van der Waals surface area (Å²) in [5.41, 5.74) is 0.678. The summed E-state index contributed by atoms with van der Waals surface area (Å²) in [6, 6.07) is 7.34. The largest absolute Gasteiger partial charge is 0.380 e. The highest BCUT2D eigenvalue weighted by molar-refractivity contribution is 7.98. The van der Waals surface area contributed by atoms with Gasteiger partial charge in [-0.15, -0.1) is 0 Å². The summed E-state index contributed by atoms with van der Waals surface area (Å²) >= 11 is 1.75. The average Bonchev–Trinajstić information content (AvgIpc) is 2.45. The van der Waals surface area contributed by atoms with Gasteiger partial charge in [0.15, 0.2) is 0 Å². The van der Waals surface area contributed by atoms with Crippen LogP contribution in [-0.4, -0.2) is 33.0 Å². The summed E-state index contributed by atoms with van der Waals surface area (Å²) < 4.78 is 27.2. The number of sulfonamides is 1. The Kier molecular flexibility index (Phi) is 7.40. The first-order valence-corrected chi connectivity index (χ1v) is 9.77. The van der Waals surface area contributed by atoms with E-state index in [0.29, 0.717) is 17.1 Å². The van der Waals surface area contributed by atoms with E-state index in [1.807, 2.05) is 19.1 Å². The fourth-order valence-corrected chi connectivity index (χ4v) is 3.84. The van der Waals surface area contributed by atoms with E-state index < -0.39 is 10.0 Å². The molecule has 0 fully saturated rings. The van der Waals surface area contributed by atoms with Gasteiger partial charge in [0.25, 0.3) is 0 Å². The van der Waals surface area contributed by atoms with Crippen molar-refractivity contribution in [3.8, 4) is 0 Å². The van der Waals surface area contributed by atoms with Crippen molar-refractivity contribution in [3.05, 3.63) is 24.3 Å². The lowest BCUT2D eigenvalue weighted by atomic mass is 10.2. The lowest BCUT2D eigenvalue weighted by Crippen LogP contribution is -2.27. The van der Waals surface area contributed by atoms with E-state index >= 15 is 0 Å². The molecule has 1 unspecified atom stereocenters. The van der Waals surface area contributed by atoms with E-state index in [2.05, 4.69) is 23.2 Å². The normalized spacial score (nSPS) is 13.2. The molecule has 0 saturated carbocycles. The molecule has 1 atom stereocenters. The smallest absolute Gasteiger partial charge is 0.242 e. The highest BCUT2D eigenvalue weighted by Crippen LogP contribution is 2.22. The maximum absolute atomic E-state index is 12.3. The summed E-state index contributed by atoms with van der Waals surface area (Å²) in [5, 5.41) is 3.34. The molecule has 2 N–H and O–H groups in total. The Morgan fingerprint density at radius 1 is 1.25 bits per heavy atom. The van der Waals surface area contributed by atoms with Crippen molar-refractivity contribution in [1.29, 1.82) is 0 Å². The molecule has 20 heavy (non-hydrogen) atoms. The zero-order valence-electron chi connectivity index (χ0n) is 12.3. The van der Waals surface area contributed by atoms with E-state index in [4.69, 9.17) is 0 Å². The van der Waals surface area contributed by atoms with Gasteiger partial charge in [-0.1, -0.05) is 26.0 Å². The van der Waals surface area contributed by atoms with Gasteiger partial charge in [0.1, 0.15) is 4.90 Å². The second-order valence-corrected chi connectivity index (χ2v) is 7.24. The number of nitrogens with one attached hydrogen (secondary N) is 2. The minimum atomic E-state index is -3.44. The van der Waals surface area contributed by atoms with Crippen molar-refractivity contribution in [2.45, 2.75) is 37.6 Å². The lowest BCUT2D eigenvalue weighted by Gasteiger charge is -2.19. The SMILES string of the molecule is CCCNS(=O)(=O)c1ccccc1NC(CC)CSC. The lowest BCUT2D eigenvalue weighted by molar-refractivity contribution is 0.581. The summed E-state index contributed by atoms with van der Waals surface area (Å²) in [6.07, 6.45) is 3.78. The van der Waals surface area contributed by atoms with E-state index in [-0.39, 0.29) is 6.04 Å². The zero-order chi connectivity index (χ0) is 15.0. The molecule has 0 aliphatic rings. The summed E-state index contributed by atoms with van der Waals surface area (Å²) in [6.45, 7) is 4.50. The Balaban J connectivity index is 2.98. The molecule has 0 radical (unpaired) electrons. The molecule has 0 aliphatic carbocycles. The van der Waals surface area contributed by atoms with Crippen molar-refractivity contribution in [2.75, 3.05) is 23.9 Å². The number of hydrogen-bond acceptors (Lipinski definition) is 4. The molecule has 0 saturated heterocycles. The van der Waals surface area contributed by atoms with Gasteiger partial charge >= 0.3 is 0 Å². The fourth-order valence-electron chi connectivity index (χ4n) is 1.82.